The van der Waals surface area contributed by atoms with E-state index in [1.165, 1.54) is 26.5 Å². The molecular weight excluding hydrogens is 412 g/mol. The molecule has 1 atom stereocenters. The van der Waals surface area contributed by atoms with E-state index in [1.54, 1.807) is 66.7 Å². The van der Waals surface area contributed by atoms with Crippen LogP contribution >= 0.6 is 0 Å². The molecule has 8 nitrogen and oxygen atoms in total. The number of carbonyl (C=O) groups is 2. The third-order valence-electron chi connectivity index (χ3n) is 4.46. The minimum absolute atomic E-state index is 0.313. The first kappa shape index (κ1) is 22.5. The molecule has 32 heavy (non-hydrogen) atoms. The van der Waals surface area contributed by atoms with Crippen molar-refractivity contribution in [1.82, 2.24) is 5.43 Å². The van der Waals surface area contributed by atoms with Crippen LogP contribution in [0.25, 0.3) is 0 Å². The van der Waals surface area contributed by atoms with E-state index in [9.17, 15) is 14.7 Å². The first-order valence-corrected chi connectivity index (χ1v) is 9.62. The molecule has 3 aromatic carbocycles. The van der Waals surface area contributed by atoms with Gasteiger partial charge in [0.05, 0.1) is 26.0 Å². The fraction of sp³-hybridized carbons (Fsp3) is 0.125. The Balaban J connectivity index is 1.57. The van der Waals surface area contributed by atoms with Crippen LogP contribution in [0.5, 0.6) is 17.2 Å². The fourth-order valence-corrected chi connectivity index (χ4v) is 2.77. The average molecular weight is 434 g/mol. The van der Waals surface area contributed by atoms with Gasteiger partial charge in [-0.3, -0.25) is 4.79 Å². The smallest absolute Gasteiger partial charge is 0.343 e. The van der Waals surface area contributed by atoms with Gasteiger partial charge in [0.2, 0.25) is 0 Å². The number of ether oxygens (including phenoxy) is 3. The minimum atomic E-state index is -1.31. The molecule has 2 N–H and O–H groups in total. The molecule has 0 aliphatic heterocycles. The van der Waals surface area contributed by atoms with E-state index >= 15 is 0 Å². The molecule has 0 saturated carbocycles. The molecular formula is C24H22N2O6. The van der Waals surface area contributed by atoms with Crippen molar-refractivity contribution in [3.05, 3.63) is 89.5 Å². The van der Waals surface area contributed by atoms with Crippen LogP contribution in [0.15, 0.2) is 77.9 Å². The van der Waals surface area contributed by atoms with Crippen molar-refractivity contribution in [2.24, 2.45) is 5.10 Å². The number of amides is 1. The summed E-state index contributed by atoms with van der Waals surface area (Å²) < 4.78 is 15.7. The Morgan fingerprint density at radius 3 is 2.28 bits per heavy atom. The van der Waals surface area contributed by atoms with Gasteiger partial charge in [-0.25, -0.2) is 10.2 Å². The summed E-state index contributed by atoms with van der Waals surface area (Å²) in [5.41, 5.74) is 3.73. The summed E-state index contributed by atoms with van der Waals surface area (Å²) in [6, 6.07) is 19.8. The molecule has 0 heterocycles. The van der Waals surface area contributed by atoms with Crippen molar-refractivity contribution >= 4 is 18.1 Å². The van der Waals surface area contributed by atoms with E-state index in [2.05, 4.69) is 10.5 Å². The second-order valence-corrected chi connectivity index (χ2v) is 6.58. The largest absolute Gasteiger partial charge is 0.493 e. The summed E-state index contributed by atoms with van der Waals surface area (Å²) in [7, 11) is 3.00. The number of aliphatic hydroxyl groups excluding tert-OH is 1. The predicted molar refractivity (Wildman–Crippen MR) is 118 cm³/mol. The summed E-state index contributed by atoms with van der Waals surface area (Å²) in [5.74, 6) is 0.0805. The molecule has 8 heteroatoms. The molecule has 1 amide bonds. The number of esters is 1. The van der Waals surface area contributed by atoms with Gasteiger partial charge in [0.25, 0.3) is 5.91 Å². The molecule has 1 unspecified atom stereocenters. The first-order chi connectivity index (χ1) is 15.5. The maximum atomic E-state index is 12.4. The SMILES string of the molecule is COc1ccc(C(=O)Oc2ccc(/C=N/NC(=O)C(O)c3ccccc3)cc2)cc1OC. The number of hydrogen-bond donors (Lipinski definition) is 2. The zero-order valence-electron chi connectivity index (χ0n) is 17.5. The van der Waals surface area contributed by atoms with Gasteiger partial charge in [-0.2, -0.15) is 5.10 Å². The topological polar surface area (TPSA) is 106 Å². The van der Waals surface area contributed by atoms with Crippen molar-refractivity contribution < 1.29 is 28.9 Å². The van der Waals surface area contributed by atoms with Crippen LogP contribution in [0.3, 0.4) is 0 Å². The third kappa shape index (κ3) is 5.71. The number of nitrogens with one attached hydrogen (secondary N) is 1. The maximum absolute atomic E-state index is 12.4. The standard InChI is InChI=1S/C24H22N2O6/c1-30-20-13-10-18(14-21(20)31-2)24(29)32-19-11-8-16(9-12-19)15-25-26-23(28)22(27)17-6-4-3-5-7-17/h3-15,22,27H,1-2H3,(H,26,28)/b25-15+. The molecule has 0 aromatic heterocycles. The van der Waals surface area contributed by atoms with Gasteiger partial charge in [0.1, 0.15) is 5.75 Å². The number of carbonyl (C=O) groups excluding carboxylic acids is 2. The average Bonchev–Trinajstić information content (AvgIpc) is 2.84. The Morgan fingerprint density at radius 2 is 1.62 bits per heavy atom. The van der Waals surface area contributed by atoms with Gasteiger partial charge < -0.3 is 19.3 Å². The van der Waals surface area contributed by atoms with Gasteiger partial charge in [0, 0.05) is 0 Å². The zero-order chi connectivity index (χ0) is 22.9. The maximum Gasteiger partial charge on any atom is 0.343 e. The normalized spacial score (nSPS) is 11.6. The van der Waals surface area contributed by atoms with Crippen LogP contribution in [0.4, 0.5) is 0 Å². The second-order valence-electron chi connectivity index (χ2n) is 6.58. The Bertz CT molecular complexity index is 1100. The number of benzene rings is 3. The Hall–Kier alpha value is -4.17. The van der Waals surface area contributed by atoms with E-state index in [1.807, 2.05) is 0 Å². The lowest BCUT2D eigenvalue weighted by Crippen LogP contribution is -2.25. The van der Waals surface area contributed by atoms with E-state index in [-0.39, 0.29) is 0 Å². The van der Waals surface area contributed by atoms with Crippen molar-refractivity contribution in [3.63, 3.8) is 0 Å². The number of rotatable bonds is 8. The summed E-state index contributed by atoms with van der Waals surface area (Å²) in [6.45, 7) is 0. The number of hydrogen-bond acceptors (Lipinski definition) is 7. The van der Waals surface area contributed by atoms with Crippen LogP contribution in [-0.4, -0.2) is 37.4 Å². The molecule has 0 spiro atoms. The second kappa shape index (κ2) is 10.7. The van der Waals surface area contributed by atoms with Crippen LogP contribution in [0.1, 0.15) is 27.6 Å². The van der Waals surface area contributed by atoms with E-state index < -0.39 is 18.0 Å². The number of methoxy groups -OCH3 is 2. The third-order valence-corrected chi connectivity index (χ3v) is 4.46. The highest BCUT2D eigenvalue weighted by Crippen LogP contribution is 2.28. The molecule has 3 aromatic rings. The predicted octanol–water partition coefficient (Wildman–Crippen LogP) is 3.11. The summed E-state index contributed by atoms with van der Waals surface area (Å²) >= 11 is 0. The molecule has 0 aliphatic rings. The van der Waals surface area contributed by atoms with Gasteiger partial charge in [-0.05, 0) is 53.6 Å². The summed E-state index contributed by atoms with van der Waals surface area (Å²) in [5, 5.41) is 13.9. The lowest BCUT2D eigenvalue weighted by Gasteiger charge is -2.09. The summed E-state index contributed by atoms with van der Waals surface area (Å²) in [6.07, 6.45) is 0.0990. The van der Waals surface area contributed by atoms with Gasteiger partial charge in [0.15, 0.2) is 17.6 Å². The molecule has 0 fully saturated rings. The highest BCUT2D eigenvalue weighted by atomic mass is 16.5. The Kier molecular flexibility index (Phi) is 7.55. The van der Waals surface area contributed by atoms with Gasteiger partial charge >= 0.3 is 5.97 Å². The van der Waals surface area contributed by atoms with E-state index in [0.717, 1.165) is 0 Å². The van der Waals surface area contributed by atoms with Crippen LogP contribution in [-0.2, 0) is 4.79 Å². The van der Waals surface area contributed by atoms with Crippen LogP contribution in [0.2, 0.25) is 0 Å². The fourth-order valence-electron chi connectivity index (χ4n) is 2.77. The monoisotopic (exact) mass is 434 g/mol. The summed E-state index contributed by atoms with van der Waals surface area (Å²) in [4.78, 5) is 24.4. The lowest BCUT2D eigenvalue weighted by molar-refractivity contribution is -0.129. The molecule has 0 radical (unpaired) electrons. The number of hydrazone groups is 1. The molecule has 0 bridgehead atoms. The van der Waals surface area contributed by atoms with Gasteiger partial charge in [-0.15, -0.1) is 0 Å². The first-order valence-electron chi connectivity index (χ1n) is 9.62. The zero-order valence-corrected chi connectivity index (χ0v) is 17.5. The highest BCUT2D eigenvalue weighted by molar-refractivity contribution is 5.92. The van der Waals surface area contributed by atoms with Crippen LogP contribution < -0.4 is 19.6 Å². The quantitative estimate of drug-likeness (QED) is 0.244. The van der Waals surface area contributed by atoms with Crippen LogP contribution in [0, 0.1) is 0 Å². The number of aliphatic hydroxyl groups is 1. The Morgan fingerprint density at radius 1 is 0.938 bits per heavy atom. The number of nitrogens with zero attached hydrogens (tertiary/aromatic N) is 1. The molecule has 0 aliphatic carbocycles. The van der Waals surface area contributed by atoms with Crippen molar-refractivity contribution in [1.29, 1.82) is 0 Å². The van der Waals surface area contributed by atoms with Crippen molar-refractivity contribution in [3.8, 4) is 17.2 Å². The molecule has 164 valence electrons. The van der Waals surface area contributed by atoms with Crippen molar-refractivity contribution in [2.75, 3.05) is 14.2 Å². The minimum Gasteiger partial charge on any atom is -0.493 e. The lowest BCUT2D eigenvalue weighted by atomic mass is 10.1. The highest BCUT2D eigenvalue weighted by Gasteiger charge is 2.16. The van der Waals surface area contributed by atoms with E-state index in [0.29, 0.717) is 33.9 Å². The van der Waals surface area contributed by atoms with Crippen molar-refractivity contribution in [2.45, 2.75) is 6.10 Å². The van der Waals surface area contributed by atoms with Gasteiger partial charge in [-0.1, -0.05) is 30.3 Å². The molecule has 0 saturated heterocycles. The molecule has 3 rings (SSSR count). The van der Waals surface area contributed by atoms with E-state index in [4.69, 9.17) is 14.2 Å². The Labute approximate surface area is 185 Å².